The number of methoxy groups -OCH3 is 1. The summed E-state index contributed by atoms with van der Waals surface area (Å²) in [5, 5.41) is 0. The van der Waals surface area contributed by atoms with Crippen LogP contribution in [0, 0.1) is 0 Å². The van der Waals surface area contributed by atoms with Crippen LogP contribution in [0.25, 0.3) is 0 Å². The monoisotopic (exact) mass is 938 g/mol. The molecule has 8 rings (SSSR count). The molecular weight excluding hydrogens is 877 g/mol. The molecule has 12 heteroatoms. The van der Waals surface area contributed by atoms with Gasteiger partial charge in [-0.2, -0.15) is 0 Å². The summed E-state index contributed by atoms with van der Waals surface area (Å²) in [4.78, 5) is 13.1. The summed E-state index contributed by atoms with van der Waals surface area (Å²) < 4.78 is 72.9. The molecule has 0 radical (unpaired) electrons. The van der Waals surface area contributed by atoms with Gasteiger partial charge in [0.15, 0.2) is 18.7 Å². The van der Waals surface area contributed by atoms with E-state index in [-0.39, 0.29) is 46.2 Å². The number of ether oxygens (including phenoxy) is 11. The maximum Gasteiger partial charge on any atom is 0.303 e. The van der Waals surface area contributed by atoms with Crippen molar-refractivity contribution in [2.75, 3.05) is 20.3 Å². The Bertz CT molecular complexity index is 2350. The lowest BCUT2D eigenvalue weighted by Gasteiger charge is -2.47. The SMILES string of the molecule is CO[C@H]1O[C@H](CO[C@H]2O[C@H](COCc3ccccc3)[C@@H](OCc3ccccc3)[C@H](OCc3ccccc3)[C@@H]2OC(C)=O)[C@@H](OCc2ccccc2)[C@H](OCc2ccccc2)[C@@H]1OCc1ccccc1. The number of rotatable bonds is 24. The minimum atomic E-state index is -1.17. The van der Waals surface area contributed by atoms with Gasteiger partial charge in [0.2, 0.25) is 0 Å². The molecule has 6 aromatic carbocycles. The van der Waals surface area contributed by atoms with Gasteiger partial charge in [-0.1, -0.05) is 182 Å². The lowest BCUT2D eigenvalue weighted by atomic mass is 9.97. The zero-order valence-corrected chi connectivity index (χ0v) is 39.1. The molecule has 2 aliphatic rings. The molecule has 6 aromatic rings. The Morgan fingerprint density at radius 1 is 0.377 bits per heavy atom. The Hall–Kier alpha value is -5.61. The van der Waals surface area contributed by atoms with E-state index in [0.29, 0.717) is 6.61 Å². The van der Waals surface area contributed by atoms with Gasteiger partial charge in [-0.15, -0.1) is 0 Å². The van der Waals surface area contributed by atoms with Gasteiger partial charge in [-0.25, -0.2) is 0 Å². The van der Waals surface area contributed by atoms with Crippen LogP contribution in [-0.4, -0.2) is 87.7 Å². The van der Waals surface area contributed by atoms with Gasteiger partial charge in [0.25, 0.3) is 0 Å². The van der Waals surface area contributed by atoms with Crippen molar-refractivity contribution in [1.82, 2.24) is 0 Å². The summed E-state index contributed by atoms with van der Waals surface area (Å²) in [6.45, 7) is 2.90. The first kappa shape index (κ1) is 49.8. The van der Waals surface area contributed by atoms with Gasteiger partial charge in [0.05, 0.1) is 52.9 Å². The first-order chi connectivity index (χ1) is 34.0. The molecule has 0 aromatic heterocycles. The van der Waals surface area contributed by atoms with Crippen LogP contribution in [0.1, 0.15) is 40.3 Å². The molecule has 0 saturated carbocycles. The Kier molecular flexibility index (Phi) is 19.0. The Morgan fingerprint density at radius 3 is 1.07 bits per heavy atom. The van der Waals surface area contributed by atoms with Crippen molar-refractivity contribution in [3.8, 4) is 0 Å². The van der Waals surface area contributed by atoms with Gasteiger partial charge in [-0.05, 0) is 33.4 Å². The van der Waals surface area contributed by atoms with Crippen molar-refractivity contribution < 1.29 is 56.9 Å². The average molecular weight is 939 g/mol. The molecule has 0 bridgehead atoms. The van der Waals surface area contributed by atoms with Gasteiger partial charge < -0.3 is 52.1 Å². The fraction of sp³-hybridized carbons (Fsp3) is 0.351. The molecule has 2 fully saturated rings. The van der Waals surface area contributed by atoms with E-state index in [9.17, 15) is 4.79 Å². The third-order valence-corrected chi connectivity index (χ3v) is 12.0. The number of esters is 1. The molecule has 2 saturated heterocycles. The second-order valence-corrected chi connectivity index (χ2v) is 17.0. The lowest BCUT2D eigenvalue weighted by molar-refractivity contribution is -0.347. The molecule has 0 unspecified atom stereocenters. The lowest BCUT2D eigenvalue weighted by Crippen LogP contribution is -2.64. The van der Waals surface area contributed by atoms with Gasteiger partial charge in [-0.3, -0.25) is 4.79 Å². The molecule has 10 atom stereocenters. The smallest absolute Gasteiger partial charge is 0.303 e. The van der Waals surface area contributed by atoms with Crippen LogP contribution in [0.5, 0.6) is 0 Å². The van der Waals surface area contributed by atoms with Crippen molar-refractivity contribution in [2.45, 2.75) is 108 Å². The largest absolute Gasteiger partial charge is 0.454 e. The summed E-state index contributed by atoms with van der Waals surface area (Å²) in [7, 11) is 1.58. The molecule has 0 spiro atoms. The van der Waals surface area contributed by atoms with Crippen molar-refractivity contribution >= 4 is 5.97 Å². The minimum absolute atomic E-state index is 0.100. The summed E-state index contributed by atoms with van der Waals surface area (Å²) in [5.74, 6) is -0.545. The Morgan fingerprint density at radius 2 is 0.696 bits per heavy atom. The number of hydrogen-bond donors (Lipinski definition) is 0. The highest BCUT2D eigenvalue weighted by atomic mass is 16.8. The maximum atomic E-state index is 13.1. The third-order valence-electron chi connectivity index (χ3n) is 12.0. The fourth-order valence-corrected chi connectivity index (χ4v) is 8.51. The molecule has 12 nitrogen and oxygen atoms in total. The molecule has 0 N–H and O–H groups in total. The third kappa shape index (κ3) is 14.7. The van der Waals surface area contributed by atoms with Gasteiger partial charge in [0.1, 0.15) is 42.7 Å². The highest BCUT2D eigenvalue weighted by molar-refractivity contribution is 5.66. The number of carbonyl (C=O) groups is 1. The van der Waals surface area contributed by atoms with Crippen LogP contribution >= 0.6 is 0 Å². The van der Waals surface area contributed by atoms with E-state index in [1.54, 1.807) is 7.11 Å². The summed E-state index contributed by atoms with van der Waals surface area (Å²) in [6.07, 6.45) is -8.53. The zero-order chi connectivity index (χ0) is 47.5. The number of carbonyl (C=O) groups excluding carboxylic acids is 1. The quantitative estimate of drug-likeness (QED) is 0.0539. The highest BCUT2D eigenvalue weighted by Crippen LogP contribution is 2.35. The van der Waals surface area contributed by atoms with E-state index in [1.165, 1.54) is 6.92 Å². The van der Waals surface area contributed by atoms with E-state index >= 15 is 0 Å². The van der Waals surface area contributed by atoms with E-state index < -0.39 is 67.4 Å². The van der Waals surface area contributed by atoms with Crippen molar-refractivity contribution in [3.05, 3.63) is 215 Å². The van der Waals surface area contributed by atoms with Crippen LogP contribution in [-0.2, 0) is 96.5 Å². The van der Waals surface area contributed by atoms with Gasteiger partial charge in [0, 0.05) is 14.0 Å². The average Bonchev–Trinajstić information content (AvgIpc) is 3.39. The van der Waals surface area contributed by atoms with Crippen LogP contribution in [0.15, 0.2) is 182 Å². The van der Waals surface area contributed by atoms with Crippen molar-refractivity contribution in [1.29, 1.82) is 0 Å². The summed E-state index contributed by atoms with van der Waals surface area (Å²) >= 11 is 0. The maximum absolute atomic E-state index is 13.1. The molecule has 2 aliphatic heterocycles. The molecule has 69 heavy (non-hydrogen) atoms. The first-order valence-electron chi connectivity index (χ1n) is 23.5. The van der Waals surface area contributed by atoms with Crippen LogP contribution in [0.2, 0.25) is 0 Å². The topological polar surface area (TPSA) is 119 Å². The van der Waals surface area contributed by atoms with Crippen LogP contribution in [0.3, 0.4) is 0 Å². The molecule has 0 aliphatic carbocycles. The van der Waals surface area contributed by atoms with Crippen LogP contribution < -0.4 is 0 Å². The predicted molar refractivity (Wildman–Crippen MR) is 257 cm³/mol. The van der Waals surface area contributed by atoms with Crippen molar-refractivity contribution in [3.63, 3.8) is 0 Å². The Labute approximate surface area is 405 Å². The second-order valence-electron chi connectivity index (χ2n) is 17.0. The molecule has 2 heterocycles. The zero-order valence-electron chi connectivity index (χ0n) is 39.1. The van der Waals surface area contributed by atoms with Crippen molar-refractivity contribution in [2.24, 2.45) is 0 Å². The standard InChI is InChI=1S/C57H62O12/c1-41(58)67-55-53(64-37-46-29-17-7-18-30-46)50(61-34-43-23-11-4-12-24-43)48(39-60-33-42-21-9-3-10-22-42)69-57(55)66-40-49-51(62-35-44-25-13-5-14-26-44)52(63-36-45-27-15-6-16-28-45)54(56(59-2)68-49)65-38-47-31-19-8-20-32-47/h3-32,48-57H,33-40H2,1-2H3/t48-,49-,50-,51-,52+,53+,54+,55+,56+,57+/m1/s1. The van der Waals surface area contributed by atoms with Crippen LogP contribution in [0.4, 0.5) is 0 Å². The molecule has 362 valence electrons. The normalized spacial score (nSPS) is 24.7. The predicted octanol–water partition coefficient (Wildman–Crippen LogP) is 9.17. The molecule has 0 amide bonds. The van der Waals surface area contributed by atoms with E-state index in [1.807, 2.05) is 182 Å². The minimum Gasteiger partial charge on any atom is -0.454 e. The fourth-order valence-electron chi connectivity index (χ4n) is 8.51. The van der Waals surface area contributed by atoms with E-state index in [0.717, 1.165) is 33.4 Å². The number of benzene rings is 6. The Balaban J connectivity index is 1.11. The second kappa shape index (κ2) is 26.4. The molecular formula is C57H62O12. The first-order valence-corrected chi connectivity index (χ1v) is 23.5. The summed E-state index contributed by atoms with van der Waals surface area (Å²) in [6, 6.07) is 59.3. The van der Waals surface area contributed by atoms with E-state index in [4.69, 9.17) is 52.1 Å². The summed E-state index contributed by atoms with van der Waals surface area (Å²) in [5.41, 5.74) is 5.77. The van der Waals surface area contributed by atoms with Gasteiger partial charge >= 0.3 is 5.97 Å². The number of hydrogen-bond acceptors (Lipinski definition) is 12. The van der Waals surface area contributed by atoms with E-state index in [2.05, 4.69) is 0 Å². The highest BCUT2D eigenvalue weighted by Gasteiger charge is 2.53.